The third kappa shape index (κ3) is 12.3. The first-order valence-corrected chi connectivity index (χ1v) is 13.4. The molecule has 0 aliphatic carbocycles. The van der Waals surface area contributed by atoms with Crippen molar-refractivity contribution in [2.24, 2.45) is 0 Å². The molecule has 0 saturated carbocycles. The Hall–Kier alpha value is -0.340. The number of thiophene rings is 1. The minimum atomic E-state index is 1.00. The van der Waals surface area contributed by atoms with Crippen molar-refractivity contribution in [3.63, 3.8) is 0 Å². The molecule has 0 N–H and O–H groups in total. The van der Waals surface area contributed by atoms with Gasteiger partial charge in [-0.2, -0.15) is 0 Å². The van der Waals surface area contributed by atoms with E-state index in [2.05, 4.69) is 37.5 Å². The summed E-state index contributed by atoms with van der Waals surface area (Å²) in [7, 11) is 0. The van der Waals surface area contributed by atoms with Crippen LogP contribution in [0, 0.1) is 0 Å². The Morgan fingerprint density at radius 3 is 1.71 bits per heavy atom. The van der Waals surface area contributed by atoms with Crippen LogP contribution in [0.2, 0.25) is 0 Å². The summed E-state index contributed by atoms with van der Waals surface area (Å²) in [5.74, 6) is 0. The van der Waals surface area contributed by atoms with E-state index in [9.17, 15) is 0 Å². The summed E-state index contributed by atoms with van der Waals surface area (Å²) in [5, 5.41) is 2.50. The molecule has 1 fully saturated rings. The first-order chi connectivity index (χ1) is 13.8. The fourth-order valence-corrected chi connectivity index (χ4v) is 5.06. The molecule has 1 aromatic heterocycles. The third-order valence-corrected chi connectivity index (χ3v) is 6.87. The summed E-state index contributed by atoms with van der Waals surface area (Å²) in [6.07, 6.45) is 23.2. The molecule has 2 heterocycles. The van der Waals surface area contributed by atoms with Gasteiger partial charge in [-0.3, -0.25) is 0 Å². The van der Waals surface area contributed by atoms with Crippen molar-refractivity contribution >= 4 is 11.3 Å². The van der Waals surface area contributed by atoms with Crippen molar-refractivity contribution in [2.45, 2.75) is 130 Å². The first kappa shape index (κ1) is 25.7. The van der Waals surface area contributed by atoms with Crippen LogP contribution in [0.25, 0.3) is 0 Å². The second kappa shape index (κ2) is 18.7. The molecule has 0 bridgehead atoms. The maximum Gasteiger partial charge on any atom is 0.0466 e. The number of rotatable bonds is 15. The molecular weight excluding hydrogens is 360 g/mol. The van der Waals surface area contributed by atoms with Gasteiger partial charge in [0, 0.05) is 18.1 Å². The predicted octanol–water partition coefficient (Wildman–Crippen LogP) is 8.91. The maximum atomic E-state index is 4.94. The van der Waals surface area contributed by atoms with Gasteiger partial charge in [-0.15, -0.1) is 11.3 Å². The number of unbranched alkanes of at least 4 members (excludes halogenated alkanes) is 9. The summed E-state index contributed by atoms with van der Waals surface area (Å²) in [6.45, 7) is 8.92. The lowest BCUT2D eigenvalue weighted by Gasteiger charge is -2.08. The van der Waals surface area contributed by atoms with Gasteiger partial charge in [0.2, 0.25) is 0 Å². The van der Waals surface area contributed by atoms with Gasteiger partial charge in [-0.1, -0.05) is 78.6 Å². The number of hydrogen-bond donors (Lipinski definition) is 0. The Labute approximate surface area is 180 Å². The van der Waals surface area contributed by atoms with Gasteiger partial charge in [-0.05, 0) is 67.9 Å². The molecule has 164 valence electrons. The lowest BCUT2D eigenvalue weighted by atomic mass is 9.97. The van der Waals surface area contributed by atoms with Crippen molar-refractivity contribution in [1.29, 1.82) is 0 Å². The topological polar surface area (TPSA) is 9.23 Å². The zero-order valence-corrected chi connectivity index (χ0v) is 20.1. The number of ether oxygens (including phenoxy) is 1. The highest BCUT2D eigenvalue weighted by atomic mass is 32.1. The summed E-state index contributed by atoms with van der Waals surface area (Å²) >= 11 is 2.06. The third-order valence-electron chi connectivity index (χ3n) is 5.73. The highest BCUT2D eigenvalue weighted by molar-refractivity contribution is 7.10. The average Bonchev–Trinajstić information content (AvgIpc) is 3.40. The van der Waals surface area contributed by atoms with Gasteiger partial charge < -0.3 is 4.74 Å². The van der Waals surface area contributed by atoms with Crippen LogP contribution in [0.5, 0.6) is 0 Å². The molecule has 0 aromatic carbocycles. The molecule has 0 radical (unpaired) electrons. The van der Waals surface area contributed by atoms with Crippen LogP contribution in [0.1, 0.15) is 127 Å². The zero-order valence-electron chi connectivity index (χ0n) is 19.3. The second-order valence-corrected chi connectivity index (χ2v) is 9.38. The Morgan fingerprint density at radius 2 is 1.21 bits per heavy atom. The van der Waals surface area contributed by atoms with Crippen LogP contribution in [-0.2, 0) is 24.0 Å². The average molecular weight is 409 g/mol. The van der Waals surface area contributed by atoms with E-state index in [4.69, 9.17) is 4.74 Å². The molecule has 1 nitrogen and oxygen atoms in total. The van der Waals surface area contributed by atoms with Crippen molar-refractivity contribution in [2.75, 3.05) is 13.2 Å². The van der Waals surface area contributed by atoms with Crippen molar-refractivity contribution in [3.8, 4) is 0 Å². The van der Waals surface area contributed by atoms with E-state index in [1.165, 1.54) is 109 Å². The zero-order chi connectivity index (χ0) is 20.3. The highest BCUT2D eigenvalue weighted by Gasteiger charge is 2.11. The molecule has 0 amide bonds. The fourth-order valence-electron chi connectivity index (χ4n) is 3.88. The van der Waals surface area contributed by atoms with Crippen LogP contribution in [0.15, 0.2) is 5.38 Å². The molecular formula is C26H48OS. The van der Waals surface area contributed by atoms with E-state index in [1.807, 2.05) is 0 Å². The van der Waals surface area contributed by atoms with Gasteiger partial charge in [-0.25, -0.2) is 0 Å². The van der Waals surface area contributed by atoms with E-state index in [0.717, 1.165) is 13.2 Å². The minimum Gasteiger partial charge on any atom is -0.381 e. The molecule has 28 heavy (non-hydrogen) atoms. The first-order valence-electron chi connectivity index (χ1n) is 12.5. The Morgan fingerprint density at radius 1 is 0.679 bits per heavy atom. The molecule has 0 atom stereocenters. The Bertz CT molecular complexity index is 410. The van der Waals surface area contributed by atoms with Gasteiger partial charge in [0.15, 0.2) is 0 Å². The smallest absolute Gasteiger partial charge is 0.0466 e. The summed E-state index contributed by atoms with van der Waals surface area (Å²) < 4.78 is 4.94. The molecule has 0 unspecified atom stereocenters. The van der Waals surface area contributed by atoms with Crippen molar-refractivity contribution in [1.82, 2.24) is 0 Å². The lowest BCUT2D eigenvalue weighted by molar-refractivity contribution is 0.198. The molecule has 0 spiro atoms. The fraction of sp³-hybridized carbons (Fsp3) is 0.846. The lowest BCUT2D eigenvalue weighted by Crippen LogP contribution is -1.96. The number of aryl methyl sites for hydroxylation is 2. The van der Waals surface area contributed by atoms with Crippen molar-refractivity contribution in [3.05, 3.63) is 21.4 Å². The Balaban J connectivity index is 0.000000674. The second-order valence-electron chi connectivity index (χ2n) is 8.41. The minimum absolute atomic E-state index is 1.00. The SMILES string of the molecule is C1CCOC1.CCCCCCc1csc(CCCCCC)c1CCCCCC. The molecule has 2 heteroatoms. The monoisotopic (exact) mass is 408 g/mol. The van der Waals surface area contributed by atoms with Crippen LogP contribution in [-0.4, -0.2) is 13.2 Å². The van der Waals surface area contributed by atoms with Gasteiger partial charge in [0.05, 0.1) is 0 Å². The van der Waals surface area contributed by atoms with Crippen LogP contribution < -0.4 is 0 Å². The Kier molecular flexibility index (Phi) is 17.1. The largest absolute Gasteiger partial charge is 0.381 e. The van der Waals surface area contributed by atoms with E-state index in [-0.39, 0.29) is 0 Å². The van der Waals surface area contributed by atoms with Crippen LogP contribution >= 0.6 is 11.3 Å². The molecule has 1 saturated heterocycles. The molecule has 1 aliphatic rings. The van der Waals surface area contributed by atoms with Gasteiger partial charge in [0.25, 0.3) is 0 Å². The van der Waals surface area contributed by atoms with E-state index < -0.39 is 0 Å². The van der Waals surface area contributed by atoms with Crippen molar-refractivity contribution < 1.29 is 4.74 Å². The quantitative estimate of drug-likeness (QED) is 0.263. The molecule has 1 aliphatic heterocycles. The van der Waals surface area contributed by atoms with E-state index in [0.29, 0.717) is 0 Å². The predicted molar refractivity (Wildman–Crippen MR) is 128 cm³/mol. The number of hydrogen-bond acceptors (Lipinski definition) is 2. The normalized spacial score (nSPS) is 13.5. The molecule has 2 rings (SSSR count). The maximum absolute atomic E-state index is 4.94. The summed E-state index contributed by atoms with van der Waals surface area (Å²) in [4.78, 5) is 1.73. The van der Waals surface area contributed by atoms with Gasteiger partial charge >= 0.3 is 0 Å². The van der Waals surface area contributed by atoms with E-state index >= 15 is 0 Å². The van der Waals surface area contributed by atoms with Gasteiger partial charge in [0.1, 0.15) is 0 Å². The van der Waals surface area contributed by atoms with Crippen LogP contribution in [0.3, 0.4) is 0 Å². The molecule has 1 aromatic rings. The highest BCUT2D eigenvalue weighted by Crippen LogP contribution is 2.28. The summed E-state index contributed by atoms with van der Waals surface area (Å²) in [5.41, 5.74) is 3.46. The summed E-state index contributed by atoms with van der Waals surface area (Å²) in [6, 6.07) is 0. The van der Waals surface area contributed by atoms with Crippen LogP contribution in [0.4, 0.5) is 0 Å². The standard InChI is InChI=1S/C22H40S.C4H8O/c1-4-7-10-13-16-20-19-23-22(18-15-12-9-6-3)21(20)17-14-11-8-5-2;1-2-4-5-3-1/h19H,4-18H2,1-3H3;1-4H2. The van der Waals surface area contributed by atoms with E-state index in [1.54, 1.807) is 16.0 Å².